The van der Waals surface area contributed by atoms with Crippen LogP contribution in [0.4, 0.5) is 11.4 Å². The summed E-state index contributed by atoms with van der Waals surface area (Å²) >= 11 is 11.9. The normalized spacial score (nSPS) is 17.9. The summed E-state index contributed by atoms with van der Waals surface area (Å²) in [5.41, 5.74) is 1.44. The minimum Gasteiger partial charge on any atom is -0.379 e. The summed E-state index contributed by atoms with van der Waals surface area (Å²) in [5, 5.41) is 3.13. The number of halogens is 2. The van der Waals surface area contributed by atoms with Crippen LogP contribution in [0.25, 0.3) is 0 Å². The molecule has 0 atom stereocenters. The van der Waals surface area contributed by atoms with Crippen molar-refractivity contribution in [3.8, 4) is 0 Å². The van der Waals surface area contributed by atoms with Gasteiger partial charge in [0.05, 0.1) is 40.1 Å². The summed E-state index contributed by atoms with van der Waals surface area (Å²) < 4.78 is 33.0. The van der Waals surface area contributed by atoms with Crippen molar-refractivity contribution in [3.63, 3.8) is 0 Å². The number of piperidine rings is 1. The van der Waals surface area contributed by atoms with E-state index in [1.54, 1.807) is 12.1 Å². The predicted molar refractivity (Wildman–Crippen MR) is 124 cm³/mol. The van der Waals surface area contributed by atoms with Gasteiger partial charge < -0.3 is 15.0 Å². The van der Waals surface area contributed by atoms with E-state index in [-0.39, 0.29) is 20.6 Å². The molecule has 0 radical (unpaired) electrons. The van der Waals surface area contributed by atoms with Gasteiger partial charge in [0.25, 0.3) is 5.91 Å². The number of rotatable bonds is 5. The molecular weight excluding hydrogens is 475 g/mol. The average Bonchev–Trinajstić information content (AvgIpc) is 2.82. The summed E-state index contributed by atoms with van der Waals surface area (Å²) in [5.74, 6) is -0.449. The zero-order valence-electron chi connectivity index (χ0n) is 17.4. The Balaban J connectivity index is 1.68. The van der Waals surface area contributed by atoms with E-state index in [4.69, 9.17) is 27.9 Å². The topological polar surface area (TPSA) is 91.8 Å². The van der Waals surface area contributed by atoms with Crippen LogP contribution in [0.1, 0.15) is 29.6 Å². The number of nitrogens with zero attached hydrogens (tertiary/aromatic N) is 3. The third kappa shape index (κ3) is 5.02. The van der Waals surface area contributed by atoms with Gasteiger partial charge in [0, 0.05) is 32.4 Å². The molecule has 2 fully saturated rings. The molecule has 3 heterocycles. The number of sulfonamides is 1. The molecule has 0 bridgehead atoms. The first-order valence-corrected chi connectivity index (χ1v) is 12.6. The van der Waals surface area contributed by atoms with Crippen molar-refractivity contribution < 1.29 is 17.9 Å². The number of anilines is 2. The molecule has 0 unspecified atom stereocenters. The second kappa shape index (κ2) is 9.93. The molecule has 11 heteroatoms. The Labute approximate surface area is 197 Å². The molecule has 32 heavy (non-hydrogen) atoms. The summed E-state index contributed by atoms with van der Waals surface area (Å²) in [6, 6.07) is 6.32. The fraction of sp³-hybridized carbons (Fsp3) is 0.429. The first-order chi connectivity index (χ1) is 15.4. The Bertz CT molecular complexity index is 1100. The smallest absolute Gasteiger partial charge is 0.257 e. The van der Waals surface area contributed by atoms with Gasteiger partial charge in [0.15, 0.2) is 0 Å². The van der Waals surface area contributed by atoms with Gasteiger partial charge in [-0.15, -0.1) is 0 Å². The largest absolute Gasteiger partial charge is 0.379 e. The van der Waals surface area contributed by atoms with Crippen molar-refractivity contribution >= 4 is 50.5 Å². The van der Waals surface area contributed by atoms with Crippen LogP contribution >= 0.6 is 23.2 Å². The minimum absolute atomic E-state index is 0.107. The van der Waals surface area contributed by atoms with Crippen LogP contribution in [0.3, 0.4) is 0 Å². The maximum absolute atomic E-state index is 13.2. The highest BCUT2D eigenvalue weighted by atomic mass is 35.5. The monoisotopic (exact) mass is 498 g/mol. The van der Waals surface area contributed by atoms with E-state index < -0.39 is 15.9 Å². The van der Waals surface area contributed by atoms with Crippen molar-refractivity contribution in [3.05, 3.63) is 46.2 Å². The number of pyridine rings is 1. The first kappa shape index (κ1) is 23.3. The first-order valence-electron chi connectivity index (χ1n) is 10.5. The number of aromatic nitrogens is 1. The molecule has 1 aromatic carbocycles. The van der Waals surface area contributed by atoms with Crippen LogP contribution < -0.4 is 10.2 Å². The molecule has 2 saturated heterocycles. The van der Waals surface area contributed by atoms with Crippen molar-refractivity contribution in [2.24, 2.45) is 0 Å². The highest BCUT2D eigenvalue weighted by molar-refractivity contribution is 7.89. The van der Waals surface area contributed by atoms with Crippen molar-refractivity contribution in [1.82, 2.24) is 9.29 Å². The molecule has 1 N–H and O–H groups in total. The second-order valence-corrected chi connectivity index (χ2v) is 10.4. The fourth-order valence-electron chi connectivity index (χ4n) is 3.86. The van der Waals surface area contributed by atoms with Crippen LogP contribution in [0.15, 0.2) is 35.4 Å². The summed E-state index contributed by atoms with van der Waals surface area (Å²) in [6.07, 6.45) is 4.56. The van der Waals surface area contributed by atoms with Gasteiger partial charge in [0.2, 0.25) is 10.0 Å². The standard InChI is InChI=1S/C21H24Cl2N4O4S/c22-17-12-15(14-24-20(17)23)21(28)25-18-13-16(32(29,30)27-8-10-31-11-9-27)4-5-19(18)26-6-2-1-3-7-26/h4-5,12-14H,1-3,6-11H2,(H,25,28). The van der Waals surface area contributed by atoms with E-state index in [9.17, 15) is 13.2 Å². The van der Waals surface area contributed by atoms with E-state index >= 15 is 0 Å². The maximum Gasteiger partial charge on any atom is 0.257 e. The molecular formula is C21H24Cl2N4O4S. The second-order valence-electron chi connectivity index (χ2n) is 7.69. The van der Waals surface area contributed by atoms with Crippen LogP contribution in [0.2, 0.25) is 10.2 Å². The van der Waals surface area contributed by atoms with Gasteiger partial charge in [-0.05, 0) is 43.5 Å². The van der Waals surface area contributed by atoms with Gasteiger partial charge >= 0.3 is 0 Å². The van der Waals surface area contributed by atoms with E-state index in [1.807, 2.05) is 0 Å². The zero-order chi connectivity index (χ0) is 22.7. The molecule has 2 aliphatic rings. The summed E-state index contributed by atoms with van der Waals surface area (Å²) in [4.78, 5) is 19.1. The van der Waals surface area contributed by atoms with Gasteiger partial charge in [-0.25, -0.2) is 13.4 Å². The number of nitrogens with one attached hydrogen (secondary N) is 1. The van der Waals surface area contributed by atoms with E-state index in [2.05, 4.69) is 15.2 Å². The Morgan fingerprint density at radius 2 is 1.75 bits per heavy atom. The van der Waals surface area contributed by atoms with Crippen LogP contribution in [-0.4, -0.2) is 63.0 Å². The van der Waals surface area contributed by atoms with Crippen LogP contribution in [-0.2, 0) is 14.8 Å². The Hall–Kier alpha value is -1.91. The SMILES string of the molecule is O=C(Nc1cc(S(=O)(=O)N2CCOCC2)ccc1N1CCCCC1)c1cnc(Cl)c(Cl)c1. The highest BCUT2D eigenvalue weighted by Crippen LogP contribution is 2.33. The quantitative estimate of drug-likeness (QED) is 0.632. The number of carbonyl (C=O) groups is 1. The third-order valence-electron chi connectivity index (χ3n) is 5.58. The van der Waals surface area contributed by atoms with Crippen molar-refractivity contribution in [2.45, 2.75) is 24.2 Å². The van der Waals surface area contributed by atoms with Crippen molar-refractivity contribution in [2.75, 3.05) is 49.6 Å². The third-order valence-corrected chi connectivity index (χ3v) is 8.16. The molecule has 172 valence electrons. The number of benzene rings is 1. The van der Waals surface area contributed by atoms with Gasteiger partial charge in [-0.3, -0.25) is 4.79 Å². The number of ether oxygens (including phenoxy) is 1. The lowest BCUT2D eigenvalue weighted by Gasteiger charge is -2.31. The molecule has 2 aromatic rings. The Morgan fingerprint density at radius 3 is 2.44 bits per heavy atom. The number of morpholine rings is 1. The number of carbonyl (C=O) groups excluding carboxylic acids is 1. The molecule has 8 nitrogen and oxygen atoms in total. The number of hydrogen-bond donors (Lipinski definition) is 1. The molecule has 0 saturated carbocycles. The fourth-order valence-corrected chi connectivity index (χ4v) is 5.57. The van der Waals surface area contributed by atoms with E-state index in [1.165, 1.54) is 22.6 Å². The summed E-state index contributed by atoms with van der Waals surface area (Å²) in [6.45, 7) is 3.00. The maximum atomic E-state index is 13.2. The number of hydrogen-bond acceptors (Lipinski definition) is 6. The highest BCUT2D eigenvalue weighted by Gasteiger charge is 2.28. The lowest BCUT2D eigenvalue weighted by atomic mass is 10.1. The lowest BCUT2D eigenvalue weighted by molar-refractivity contribution is 0.0730. The Morgan fingerprint density at radius 1 is 1.03 bits per heavy atom. The van der Waals surface area contributed by atoms with Gasteiger partial charge in [-0.1, -0.05) is 23.2 Å². The lowest BCUT2D eigenvalue weighted by Crippen LogP contribution is -2.40. The zero-order valence-corrected chi connectivity index (χ0v) is 19.7. The van der Waals surface area contributed by atoms with Crippen molar-refractivity contribution in [1.29, 1.82) is 0 Å². The van der Waals surface area contributed by atoms with E-state index in [0.717, 1.165) is 38.0 Å². The molecule has 0 aliphatic carbocycles. The molecule has 1 aromatic heterocycles. The molecule has 1 amide bonds. The van der Waals surface area contributed by atoms with Gasteiger partial charge in [-0.2, -0.15) is 4.31 Å². The van der Waals surface area contributed by atoms with E-state index in [0.29, 0.717) is 32.0 Å². The molecule has 2 aliphatic heterocycles. The minimum atomic E-state index is -3.71. The van der Waals surface area contributed by atoms with Gasteiger partial charge in [0.1, 0.15) is 5.15 Å². The summed E-state index contributed by atoms with van der Waals surface area (Å²) in [7, 11) is -3.71. The predicted octanol–water partition coefficient (Wildman–Crippen LogP) is 3.65. The molecule has 4 rings (SSSR count). The van der Waals surface area contributed by atoms with Crippen LogP contribution in [0, 0.1) is 0 Å². The Kier molecular flexibility index (Phi) is 7.21. The average molecular weight is 499 g/mol. The number of amides is 1. The van der Waals surface area contributed by atoms with Crippen LogP contribution in [0.5, 0.6) is 0 Å². The molecule has 0 spiro atoms.